The van der Waals surface area contributed by atoms with Crippen molar-refractivity contribution in [2.75, 3.05) is 18.1 Å². The Labute approximate surface area is 134 Å². The zero-order chi connectivity index (χ0) is 16.6. The quantitative estimate of drug-likeness (QED) is 0.903. The van der Waals surface area contributed by atoms with Crippen LogP contribution in [0.15, 0.2) is 47.5 Å². The zero-order valence-corrected chi connectivity index (χ0v) is 13.3. The van der Waals surface area contributed by atoms with Crippen LogP contribution in [0.25, 0.3) is 0 Å². The lowest BCUT2D eigenvalue weighted by atomic mass is 10.2. The standard InChI is InChI=1S/C15H16N4O3S/c1-11-4-6-12(7-5-11)19-10-18(9-14(16)20)23(21,22)13-3-2-8-17-15(13)19/h2-8H,9-10H2,1H3,(H2,16,20). The predicted molar refractivity (Wildman–Crippen MR) is 85.5 cm³/mol. The van der Waals surface area contributed by atoms with Crippen LogP contribution in [-0.2, 0) is 14.8 Å². The van der Waals surface area contributed by atoms with Gasteiger partial charge >= 0.3 is 0 Å². The highest BCUT2D eigenvalue weighted by Crippen LogP contribution is 2.35. The number of aryl methyl sites for hydroxylation is 1. The van der Waals surface area contributed by atoms with Crippen molar-refractivity contribution in [3.63, 3.8) is 0 Å². The highest BCUT2D eigenvalue weighted by atomic mass is 32.2. The molecular formula is C15H16N4O3S. The van der Waals surface area contributed by atoms with Crippen LogP contribution < -0.4 is 10.6 Å². The van der Waals surface area contributed by atoms with Crippen LogP contribution in [0.4, 0.5) is 11.5 Å². The Morgan fingerprint density at radius 2 is 1.96 bits per heavy atom. The molecule has 0 spiro atoms. The molecule has 1 aromatic carbocycles. The first kappa shape index (κ1) is 15.4. The van der Waals surface area contributed by atoms with E-state index in [4.69, 9.17) is 5.73 Å². The van der Waals surface area contributed by atoms with E-state index < -0.39 is 15.9 Å². The largest absolute Gasteiger partial charge is 0.369 e. The molecule has 1 aromatic heterocycles. The van der Waals surface area contributed by atoms with Crippen molar-refractivity contribution in [3.8, 4) is 0 Å². The van der Waals surface area contributed by atoms with Crippen molar-refractivity contribution < 1.29 is 13.2 Å². The second kappa shape index (κ2) is 5.64. The predicted octanol–water partition coefficient (Wildman–Crippen LogP) is 0.975. The maximum Gasteiger partial charge on any atom is 0.248 e. The number of fused-ring (bicyclic) bond motifs is 1. The van der Waals surface area contributed by atoms with Gasteiger partial charge in [-0.2, -0.15) is 4.31 Å². The number of nitrogens with zero attached hydrogens (tertiary/aromatic N) is 3. The molecule has 0 saturated heterocycles. The molecule has 1 aliphatic rings. The third kappa shape index (κ3) is 2.78. The van der Waals surface area contributed by atoms with E-state index in [1.165, 1.54) is 6.07 Å². The molecule has 0 aliphatic carbocycles. The molecule has 3 rings (SSSR count). The molecule has 8 heteroatoms. The number of carbonyl (C=O) groups excluding carboxylic acids is 1. The van der Waals surface area contributed by atoms with Gasteiger partial charge in [0.25, 0.3) is 0 Å². The normalized spacial score (nSPS) is 16.8. The fourth-order valence-electron chi connectivity index (χ4n) is 2.46. The number of benzene rings is 1. The van der Waals surface area contributed by atoms with E-state index in [1.807, 2.05) is 31.2 Å². The summed E-state index contributed by atoms with van der Waals surface area (Å²) in [5, 5.41) is 0. The minimum Gasteiger partial charge on any atom is -0.369 e. The number of anilines is 2. The minimum atomic E-state index is -3.80. The van der Waals surface area contributed by atoms with E-state index in [9.17, 15) is 13.2 Å². The van der Waals surface area contributed by atoms with Gasteiger partial charge in [-0.1, -0.05) is 17.7 Å². The summed E-state index contributed by atoms with van der Waals surface area (Å²) < 4.78 is 26.3. The molecule has 0 atom stereocenters. The Hall–Kier alpha value is -2.45. The van der Waals surface area contributed by atoms with Crippen molar-refractivity contribution in [1.82, 2.24) is 9.29 Å². The summed E-state index contributed by atoms with van der Waals surface area (Å²) in [5.74, 6) is -0.359. The van der Waals surface area contributed by atoms with Gasteiger partial charge in [-0.05, 0) is 31.2 Å². The molecule has 1 aliphatic heterocycles. The Morgan fingerprint density at radius 3 is 2.61 bits per heavy atom. The summed E-state index contributed by atoms with van der Waals surface area (Å²) in [5.41, 5.74) is 7.07. The van der Waals surface area contributed by atoms with E-state index in [-0.39, 0.29) is 18.1 Å². The molecule has 2 heterocycles. The van der Waals surface area contributed by atoms with Crippen molar-refractivity contribution in [2.45, 2.75) is 11.8 Å². The van der Waals surface area contributed by atoms with Crippen molar-refractivity contribution in [3.05, 3.63) is 48.2 Å². The fraction of sp³-hybridized carbons (Fsp3) is 0.200. The first-order chi connectivity index (χ1) is 10.9. The minimum absolute atomic E-state index is 0.0155. The van der Waals surface area contributed by atoms with E-state index in [1.54, 1.807) is 17.2 Å². The van der Waals surface area contributed by atoms with Gasteiger partial charge in [0, 0.05) is 11.9 Å². The summed E-state index contributed by atoms with van der Waals surface area (Å²) in [6, 6.07) is 10.7. The second-order valence-electron chi connectivity index (χ2n) is 5.31. The van der Waals surface area contributed by atoms with Crippen LogP contribution in [0.5, 0.6) is 0 Å². The molecule has 7 nitrogen and oxygen atoms in total. The molecule has 23 heavy (non-hydrogen) atoms. The molecule has 0 fully saturated rings. The summed E-state index contributed by atoms with van der Waals surface area (Å²) in [6.07, 6.45) is 1.54. The van der Waals surface area contributed by atoms with Crippen LogP contribution in [0.1, 0.15) is 5.56 Å². The van der Waals surface area contributed by atoms with Crippen LogP contribution in [0.2, 0.25) is 0 Å². The third-order valence-electron chi connectivity index (χ3n) is 3.60. The maximum absolute atomic E-state index is 12.6. The number of hydrogen-bond acceptors (Lipinski definition) is 5. The van der Waals surface area contributed by atoms with Crippen LogP contribution in [0, 0.1) is 6.92 Å². The van der Waals surface area contributed by atoms with Gasteiger partial charge in [-0.15, -0.1) is 0 Å². The van der Waals surface area contributed by atoms with Crippen molar-refractivity contribution in [2.24, 2.45) is 5.73 Å². The smallest absolute Gasteiger partial charge is 0.248 e. The Kier molecular flexibility index (Phi) is 3.78. The van der Waals surface area contributed by atoms with Crippen molar-refractivity contribution >= 4 is 27.4 Å². The summed E-state index contributed by atoms with van der Waals surface area (Å²) in [4.78, 5) is 17.3. The third-order valence-corrected chi connectivity index (χ3v) is 5.40. The number of aromatic nitrogens is 1. The molecule has 1 amide bonds. The maximum atomic E-state index is 12.6. The highest BCUT2D eigenvalue weighted by Gasteiger charge is 2.37. The summed E-state index contributed by atoms with van der Waals surface area (Å²) >= 11 is 0. The van der Waals surface area contributed by atoms with Crippen LogP contribution in [0.3, 0.4) is 0 Å². The number of hydrogen-bond donors (Lipinski definition) is 1. The Morgan fingerprint density at radius 1 is 1.26 bits per heavy atom. The van der Waals surface area contributed by atoms with Gasteiger partial charge < -0.3 is 10.6 Å². The number of nitrogens with two attached hydrogens (primary N) is 1. The van der Waals surface area contributed by atoms with Gasteiger partial charge in [0.15, 0.2) is 5.82 Å². The van der Waals surface area contributed by atoms with Gasteiger partial charge in [0.2, 0.25) is 15.9 Å². The average molecular weight is 332 g/mol. The van der Waals surface area contributed by atoms with Gasteiger partial charge in [-0.3, -0.25) is 4.79 Å². The molecular weight excluding hydrogens is 316 g/mol. The van der Waals surface area contributed by atoms with Gasteiger partial charge in [0.1, 0.15) is 4.90 Å². The lowest BCUT2D eigenvalue weighted by molar-refractivity contribution is -0.118. The SMILES string of the molecule is Cc1ccc(N2CN(CC(N)=O)S(=O)(=O)c3cccnc32)cc1. The number of rotatable bonds is 3. The number of amides is 1. The first-order valence-electron chi connectivity index (χ1n) is 6.97. The summed E-state index contributed by atoms with van der Waals surface area (Å²) in [6.45, 7) is 1.58. The topological polar surface area (TPSA) is 96.6 Å². The van der Waals surface area contributed by atoms with E-state index >= 15 is 0 Å². The Balaban J connectivity index is 2.13. The van der Waals surface area contributed by atoms with E-state index in [2.05, 4.69) is 4.98 Å². The summed E-state index contributed by atoms with van der Waals surface area (Å²) in [7, 11) is -3.80. The molecule has 0 radical (unpaired) electrons. The highest BCUT2D eigenvalue weighted by molar-refractivity contribution is 7.89. The van der Waals surface area contributed by atoms with E-state index in [0.29, 0.717) is 5.82 Å². The first-order valence-corrected chi connectivity index (χ1v) is 8.41. The van der Waals surface area contributed by atoms with Crippen LogP contribution in [-0.4, -0.2) is 36.8 Å². The van der Waals surface area contributed by atoms with Gasteiger partial charge in [-0.25, -0.2) is 13.4 Å². The van der Waals surface area contributed by atoms with E-state index in [0.717, 1.165) is 15.6 Å². The van der Waals surface area contributed by atoms with Crippen LogP contribution >= 0.6 is 0 Å². The molecule has 2 aromatic rings. The molecule has 0 saturated carbocycles. The fourth-order valence-corrected chi connectivity index (χ4v) is 3.95. The average Bonchev–Trinajstić information content (AvgIpc) is 2.51. The van der Waals surface area contributed by atoms with Gasteiger partial charge in [0.05, 0.1) is 13.2 Å². The number of primary amides is 1. The monoisotopic (exact) mass is 332 g/mol. The second-order valence-corrected chi connectivity index (χ2v) is 7.22. The molecule has 2 N–H and O–H groups in total. The lowest BCUT2D eigenvalue weighted by Crippen LogP contribution is -2.48. The van der Waals surface area contributed by atoms with Crippen molar-refractivity contribution in [1.29, 1.82) is 0 Å². The lowest BCUT2D eigenvalue weighted by Gasteiger charge is -2.36. The number of pyridine rings is 1. The molecule has 0 unspecified atom stereocenters. The molecule has 120 valence electrons. The number of sulfonamides is 1. The Bertz CT molecular complexity index is 849. The molecule has 0 bridgehead atoms. The zero-order valence-electron chi connectivity index (χ0n) is 12.5. The number of carbonyl (C=O) groups is 1.